The van der Waals surface area contributed by atoms with E-state index in [2.05, 4.69) is 19.2 Å². The number of rotatable bonds is 5. The predicted octanol–water partition coefficient (Wildman–Crippen LogP) is 4.84. The molecule has 1 aromatic carbocycles. The Morgan fingerprint density at radius 3 is 2.67 bits per heavy atom. The molecule has 0 radical (unpaired) electrons. The maximum atomic E-state index is 6.04. The van der Waals surface area contributed by atoms with Crippen molar-refractivity contribution in [1.29, 1.82) is 0 Å². The molecular formula is C12H17Cl2N. The van der Waals surface area contributed by atoms with E-state index >= 15 is 0 Å². The lowest BCUT2D eigenvalue weighted by atomic mass is 10.1. The van der Waals surface area contributed by atoms with E-state index < -0.39 is 0 Å². The van der Waals surface area contributed by atoms with E-state index in [4.69, 9.17) is 23.2 Å². The van der Waals surface area contributed by atoms with Gasteiger partial charge in [0.1, 0.15) is 0 Å². The molecule has 0 fully saturated rings. The molecule has 0 bridgehead atoms. The number of hydrogen-bond acceptors (Lipinski definition) is 1. The van der Waals surface area contributed by atoms with Crippen LogP contribution in [0.5, 0.6) is 0 Å². The number of anilines is 1. The van der Waals surface area contributed by atoms with Gasteiger partial charge in [-0.15, -0.1) is 0 Å². The van der Waals surface area contributed by atoms with Crippen LogP contribution in [0, 0.1) is 5.92 Å². The topological polar surface area (TPSA) is 12.0 Å². The Labute approximate surface area is 102 Å². The van der Waals surface area contributed by atoms with Crippen LogP contribution in [0.3, 0.4) is 0 Å². The van der Waals surface area contributed by atoms with Gasteiger partial charge in [-0.05, 0) is 30.9 Å². The van der Waals surface area contributed by atoms with E-state index in [1.165, 1.54) is 6.42 Å². The lowest BCUT2D eigenvalue weighted by molar-refractivity contribution is 0.567. The van der Waals surface area contributed by atoms with Gasteiger partial charge in [0.15, 0.2) is 0 Å². The van der Waals surface area contributed by atoms with Gasteiger partial charge in [-0.1, -0.05) is 43.1 Å². The predicted molar refractivity (Wildman–Crippen MR) is 69.0 cm³/mol. The smallest absolute Gasteiger partial charge is 0.0823 e. The van der Waals surface area contributed by atoms with Crippen LogP contribution in [0.15, 0.2) is 18.2 Å². The van der Waals surface area contributed by atoms with Crippen molar-refractivity contribution in [2.24, 2.45) is 5.92 Å². The van der Waals surface area contributed by atoms with Gasteiger partial charge >= 0.3 is 0 Å². The zero-order chi connectivity index (χ0) is 11.3. The van der Waals surface area contributed by atoms with Crippen molar-refractivity contribution in [3.8, 4) is 0 Å². The Hall–Kier alpha value is -0.400. The van der Waals surface area contributed by atoms with E-state index in [9.17, 15) is 0 Å². The van der Waals surface area contributed by atoms with E-state index in [0.29, 0.717) is 10.0 Å². The first kappa shape index (κ1) is 12.7. The zero-order valence-electron chi connectivity index (χ0n) is 9.19. The molecule has 0 saturated heterocycles. The Kier molecular flexibility index (Phi) is 5.27. The third kappa shape index (κ3) is 4.31. The molecule has 84 valence electrons. The highest BCUT2D eigenvalue weighted by molar-refractivity contribution is 6.43. The SMILES string of the molecule is CC(C)CCCNc1cccc(Cl)c1Cl. The van der Waals surface area contributed by atoms with Gasteiger partial charge in [0.25, 0.3) is 0 Å². The van der Waals surface area contributed by atoms with E-state index in [1.54, 1.807) is 6.07 Å². The Bertz CT molecular complexity index is 310. The molecule has 1 nitrogen and oxygen atoms in total. The van der Waals surface area contributed by atoms with Crippen LogP contribution in [0.2, 0.25) is 10.0 Å². The molecule has 15 heavy (non-hydrogen) atoms. The summed E-state index contributed by atoms with van der Waals surface area (Å²) < 4.78 is 0. The number of nitrogens with one attached hydrogen (secondary N) is 1. The average Bonchev–Trinajstić information content (AvgIpc) is 2.18. The van der Waals surface area contributed by atoms with Crippen LogP contribution in [0.4, 0.5) is 5.69 Å². The molecule has 0 unspecified atom stereocenters. The van der Waals surface area contributed by atoms with Crippen LogP contribution in [-0.4, -0.2) is 6.54 Å². The standard InChI is InChI=1S/C12H17Cl2N/c1-9(2)5-4-8-15-11-7-3-6-10(13)12(11)14/h3,6-7,9,15H,4-5,8H2,1-2H3. The van der Waals surface area contributed by atoms with E-state index in [0.717, 1.165) is 24.6 Å². The summed E-state index contributed by atoms with van der Waals surface area (Å²) in [5.74, 6) is 0.752. The number of benzene rings is 1. The van der Waals surface area contributed by atoms with Crippen LogP contribution in [0.25, 0.3) is 0 Å². The monoisotopic (exact) mass is 245 g/mol. The summed E-state index contributed by atoms with van der Waals surface area (Å²) >= 11 is 11.9. The minimum Gasteiger partial charge on any atom is -0.384 e. The lowest BCUT2D eigenvalue weighted by Crippen LogP contribution is -2.03. The summed E-state index contributed by atoms with van der Waals surface area (Å²) in [5.41, 5.74) is 0.924. The number of halogens is 2. The summed E-state index contributed by atoms with van der Waals surface area (Å²) in [5, 5.41) is 4.51. The van der Waals surface area contributed by atoms with Gasteiger partial charge in [-0.25, -0.2) is 0 Å². The molecule has 1 N–H and O–H groups in total. The molecule has 0 aliphatic rings. The molecule has 0 heterocycles. The second kappa shape index (κ2) is 6.24. The maximum Gasteiger partial charge on any atom is 0.0823 e. The number of hydrogen-bond donors (Lipinski definition) is 1. The van der Waals surface area contributed by atoms with Crippen molar-refractivity contribution in [2.75, 3.05) is 11.9 Å². The lowest BCUT2D eigenvalue weighted by Gasteiger charge is -2.10. The normalized spacial score (nSPS) is 10.7. The minimum atomic E-state index is 0.602. The van der Waals surface area contributed by atoms with Crippen molar-refractivity contribution in [1.82, 2.24) is 0 Å². The van der Waals surface area contributed by atoms with Crippen molar-refractivity contribution in [3.05, 3.63) is 28.2 Å². The highest BCUT2D eigenvalue weighted by atomic mass is 35.5. The van der Waals surface area contributed by atoms with Gasteiger partial charge in [0, 0.05) is 6.54 Å². The highest BCUT2D eigenvalue weighted by Crippen LogP contribution is 2.29. The van der Waals surface area contributed by atoms with E-state index in [-0.39, 0.29) is 0 Å². The first-order chi connectivity index (χ1) is 7.11. The molecule has 0 aliphatic heterocycles. The molecule has 0 aromatic heterocycles. The summed E-state index contributed by atoms with van der Waals surface area (Å²) in [6, 6.07) is 5.64. The molecule has 1 rings (SSSR count). The van der Waals surface area contributed by atoms with Crippen molar-refractivity contribution >= 4 is 28.9 Å². The van der Waals surface area contributed by atoms with Gasteiger partial charge in [0.05, 0.1) is 15.7 Å². The van der Waals surface area contributed by atoms with Crippen molar-refractivity contribution in [2.45, 2.75) is 26.7 Å². The molecule has 1 aromatic rings. The van der Waals surface area contributed by atoms with E-state index in [1.807, 2.05) is 12.1 Å². The summed E-state index contributed by atoms with van der Waals surface area (Å²) in [6.07, 6.45) is 2.38. The molecule has 0 aliphatic carbocycles. The Morgan fingerprint density at radius 2 is 2.00 bits per heavy atom. The van der Waals surface area contributed by atoms with Gasteiger partial charge in [-0.2, -0.15) is 0 Å². The van der Waals surface area contributed by atoms with Crippen molar-refractivity contribution in [3.63, 3.8) is 0 Å². The quantitative estimate of drug-likeness (QED) is 0.733. The molecule has 0 spiro atoms. The van der Waals surface area contributed by atoms with Crippen LogP contribution in [0.1, 0.15) is 26.7 Å². The molecule has 3 heteroatoms. The van der Waals surface area contributed by atoms with Crippen molar-refractivity contribution < 1.29 is 0 Å². The molecule has 0 saturated carbocycles. The Morgan fingerprint density at radius 1 is 1.27 bits per heavy atom. The van der Waals surface area contributed by atoms with Crippen LogP contribution < -0.4 is 5.32 Å². The van der Waals surface area contributed by atoms with Crippen LogP contribution in [-0.2, 0) is 0 Å². The van der Waals surface area contributed by atoms with Crippen LogP contribution >= 0.6 is 23.2 Å². The fourth-order valence-electron chi connectivity index (χ4n) is 1.37. The fourth-order valence-corrected chi connectivity index (χ4v) is 1.74. The minimum absolute atomic E-state index is 0.602. The fraction of sp³-hybridized carbons (Fsp3) is 0.500. The molecule has 0 amide bonds. The summed E-state index contributed by atoms with van der Waals surface area (Å²) in [6.45, 7) is 5.40. The molecular weight excluding hydrogens is 229 g/mol. The maximum absolute atomic E-state index is 6.04. The average molecular weight is 246 g/mol. The molecule has 0 atom stereocenters. The zero-order valence-corrected chi connectivity index (χ0v) is 10.7. The Balaban J connectivity index is 2.41. The first-order valence-electron chi connectivity index (χ1n) is 5.29. The first-order valence-corrected chi connectivity index (χ1v) is 6.04. The second-order valence-corrected chi connectivity index (χ2v) is 4.85. The largest absolute Gasteiger partial charge is 0.384 e. The van der Waals surface area contributed by atoms with Gasteiger partial charge in [-0.3, -0.25) is 0 Å². The van der Waals surface area contributed by atoms with Gasteiger partial charge < -0.3 is 5.32 Å². The second-order valence-electron chi connectivity index (χ2n) is 4.06. The van der Waals surface area contributed by atoms with Gasteiger partial charge in [0.2, 0.25) is 0 Å². The summed E-state index contributed by atoms with van der Waals surface area (Å²) in [7, 11) is 0. The third-order valence-electron chi connectivity index (χ3n) is 2.23. The highest BCUT2D eigenvalue weighted by Gasteiger charge is 2.02. The third-order valence-corrected chi connectivity index (χ3v) is 3.04. The summed E-state index contributed by atoms with van der Waals surface area (Å²) in [4.78, 5) is 0.